The van der Waals surface area contributed by atoms with Gasteiger partial charge in [-0.2, -0.15) is 5.10 Å². The molecule has 0 saturated carbocycles. The van der Waals surface area contributed by atoms with Crippen LogP contribution in [0.25, 0.3) is 10.9 Å². The monoisotopic (exact) mass is 301 g/mol. The SMILES string of the molecule is Cc1ccc2c(c1)c(CNC(=O)C1CNCC(=O)N1)nn2C. The lowest BCUT2D eigenvalue weighted by Gasteiger charge is -2.23. The first-order chi connectivity index (χ1) is 10.5. The van der Waals surface area contributed by atoms with Gasteiger partial charge in [-0.05, 0) is 19.1 Å². The predicted octanol–water partition coefficient (Wildman–Crippen LogP) is -0.414. The summed E-state index contributed by atoms with van der Waals surface area (Å²) < 4.78 is 1.81. The van der Waals surface area contributed by atoms with E-state index in [1.165, 1.54) is 0 Å². The maximum Gasteiger partial charge on any atom is 0.244 e. The van der Waals surface area contributed by atoms with E-state index in [0.717, 1.165) is 22.2 Å². The third-order valence-electron chi connectivity index (χ3n) is 3.80. The van der Waals surface area contributed by atoms with E-state index in [4.69, 9.17) is 0 Å². The molecule has 1 fully saturated rings. The molecule has 3 N–H and O–H groups in total. The topological polar surface area (TPSA) is 88.1 Å². The molecule has 1 unspecified atom stereocenters. The van der Waals surface area contributed by atoms with Crippen molar-refractivity contribution < 1.29 is 9.59 Å². The fourth-order valence-corrected chi connectivity index (χ4v) is 2.66. The van der Waals surface area contributed by atoms with Crippen LogP contribution in [0.5, 0.6) is 0 Å². The standard InChI is InChI=1S/C15H19N5O2/c1-9-3-4-13-10(5-9)11(19-20(13)2)7-17-15(22)12-6-16-8-14(21)18-12/h3-5,12,16H,6-8H2,1-2H3,(H,17,22)(H,18,21). The van der Waals surface area contributed by atoms with Crippen LogP contribution in [-0.4, -0.2) is 40.7 Å². The molecule has 1 atom stereocenters. The van der Waals surface area contributed by atoms with Crippen molar-refractivity contribution in [2.75, 3.05) is 13.1 Å². The van der Waals surface area contributed by atoms with Gasteiger partial charge in [-0.3, -0.25) is 14.3 Å². The van der Waals surface area contributed by atoms with Crippen molar-refractivity contribution in [1.29, 1.82) is 0 Å². The molecule has 0 aliphatic carbocycles. The first-order valence-electron chi connectivity index (χ1n) is 7.24. The second kappa shape index (κ2) is 5.76. The fraction of sp³-hybridized carbons (Fsp3) is 0.400. The van der Waals surface area contributed by atoms with Crippen LogP contribution < -0.4 is 16.0 Å². The zero-order valence-electron chi connectivity index (χ0n) is 12.6. The van der Waals surface area contributed by atoms with Crippen molar-refractivity contribution in [2.24, 2.45) is 7.05 Å². The molecule has 1 aliphatic heterocycles. The highest BCUT2D eigenvalue weighted by molar-refractivity contribution is 5.90. The van der Waals surface area contributed by atoms with Gasteiger partial charge in [-0.15, -0.1) is 0 Å². The van der Waals surface area contributed by atoms with Crippen molar-refractivity contribution in [1.82, 2.24) is 25.7 Å². The smallest absolute Gasteiger partial charge is 0.244 e. The molecule has 2 amide bonds. The van der Waals surface area contributed by atoms with Gasteiger partial charge in [0.2, 0.25) is 11.8 Å². The highest BCUT2D eigenvalue weighted by atomic mass is 16.2. The van der Waals surface area contributed by atoms with E-state index in [9.17, 15) is 9.59 Å². The maximum absolute atomic E-state index is 12.1. The summed E-state index contributed by atoms with van der Waals surface area (Å²) in [5.74, 6) is -0.364. The minimum Gasteiger partial charge on any atom is -0.349 e. The van der Waals surface area contributed by atoms with E-state index >= 15 is 0 Å². The van der Waals surface area contributed by atoms with Crippen molar-refractivity contribution in [3.63, 3.8) is 0 Å². The number of nitrogens with one attached hydrogen (secondary N) is 3. The Morgan fingerprint density at radius 1 is 1.50 bits per heavy atom. The third-order valence-corrected chi connectivity index (χ3v) is 3.80. The molecule has 7 heteroatoms. The van der Waals surface area contributed by atoms with Crippen molar-refractivity contribution in [3.8, 4) is 0 Å². The number of amides is 2. The van der Waals surface area contributed by atoms with Crippen molar-refractivity contribution in [2.45, 2.75) is 19.5 Å². The second-order valence-corrected chi connectivity index (χ2v) is 5.56. The van der Waals surface area contributed by atoms with Gasteiger partial charge < -0.3 is 16.0 Å². The van der Waals surface area contributed by atoms with Crippen LogP contribution >= 0.6 is 0 Å². The normalized spacial score (nSPS) is 18.3. The first kappa shape index (κ1) is 14.5. The van der Waals surface area contributed by atoms with Gasteiger partial charge >= 0.3 is 0 Å². The minimum atomic E-state index is -0.530. The molecular weight excluding hydrogens is 282 g/mol. The van der Waals surface area contributed by atoms with Crippen LogP contribution in [0.2, 0.25) is 0 Å². The summed E-state index contributed by atoms with van der Waals surface area (Å²) in [5, 5.41) is 13.9. The molecular formula is C15H19N5O2. The van der Waals surface area contributed by atoms with Crippen molar-refractivity contribution >= 4 is 22.7 Å². The highest BCUT2D eigenvalue weighted by Crippen LogP contribution is 2.19. The lowest BCUT2D eigenvalue weighted by molar-refractivity contribution is -0.130. The van der Waals surface area contributed by atoms with Crippen molar-refractivity contribution in [3.05, 3.63) is 29.5 Å². The van der Waals surface area contributed by atoms with Crippen LogP contribution in [0.1, 0.15) is 11.3 Å². The number of hydrogen-bond acceptors (Lipinski definition) is 4. The van der Waals surface area contributed by atoms with Crippen LogP contribution in [0.4, 0.5) is 0 Å². The number of fused-ring (bicyclic) bond motifs is 1. The van der Waals surface area contributed by atoms with Gasteiger partial charge in [0, 0.05) is 19.0 Å². The Morgan fingerprint density at radius 2 is 2.32 bits per heavy atom. The Morgan fingerprint density at radius 3 is 3.09 bits per heavy atom. The lowest BCUT2D eigenvalue weighted by Crippen LogP contribution is -2.58. The number of carbonyl (C=O) groups is 2. The van der Waals surface area contributed by atoms with Gasteiger partial charge in [0.15, 0.2) is 0 Å². The quantitative estimate of drug-likeness (QED) is 0.719. The molecule has 0 bridgehead atoms. The van der Waals surface area contributed by atoms with E-state index in [-0.39, 0.29) is 18.4 Å². The summed E-state index contributed by atoms with van der Waals surface area (Å²) in [5.41, 5.74) is 3.00. The maximum atomic E-state index is 12.1. The van der Waals surface area contributed by atoms with E-state index < -0.39 is 6.04 Å². The number of nitrogens with zero attached hydrogens (tertiary/aromatic N) is 2. The Hall–Kier alpha value is -2.41. The number of benzene rings is 1. The van der Waals surface area contributed by atoms with Gasteiger partial charge in [-0.25, -0.2) is 0 Å². The Labute approximate surface area is 128 Å². The van der Waals surface area contributed by atoms with Gasteiger partial charge in [0.05, 0.1) is 24.3 Å². The number of hydrogen-bond donors (Lipinski definition) is 3. The van der Waals surface area contributed by atoms with Crippen LogP contribution in [0.15, 0.2) is 18.2 Å². The van der Waals surface area contributed by atoms with Crippen LogP contribution in [0, 0.1) is 6.92 Å². The van der Waals surface area contributed by atoms with Gasteiger partial charge in [0.1, 0.15) is 6.04 Å². The van der Waals surface area contributed by atoms with E-state index in [1.807, 2.05) is 26.1 Å². The average Bonchev–Trinajstić information content (AvgIpc) is 2.80. The minimum absolute atomic E-state index is 0.162. The molecule has 1 aliphatic rings. The molecule has 1 aromatic carbocycles. The molecule has 0 radical (unpaired) electrons. The third kappa shape index (κ3) is 2.80. The summed E-state index contributed by atoms with van der Waals surface area (Å²) >= 11 is 0. The van der Waals surface area contributed by atoms with Gasteiger partial charge in [-0.1, -0.05) is 11.6 Å². The summed E-state index contributed by atoms with van der Waals surface area (Å²) in [4.78, 5) is 23.4. The number of piperazine rings is 1. The molecule has 116 valence electrons. The van der Waals surface area contributed by atoms with E-state index in [0.29, 0.717) is 13.1 Å². The van der Waals surface area contributed by atoms with E-state index in [1.54, 1.807) is 4.68 Å². The summed E-state index contributed by atoms with van der Waals surface area (Å²) in [6.45, 7) is 3.07. The van der Waals surface area contributed by atoms with Crippen LogP contribution in [-0.2, 0) is 23.2 Å². The molecule has 2 heterocycles. The lowest BCUT2D eigenvalue weighted by atomic mass is 10.1. The molecule has 22 heavy (non-hydrogen) atoms. The Bertz CT molecular complexity index is 737. The molecule has 2 aromatic rings. The van der Waals surface area contributed by atoms with Gasteiger partial charge in [0.25, 0.3) is 0 Å². The molecule has 7 nitrogen and oxygen atoms in total. The Balaban J connectivity index is 1.72. The zero-order chi connectivity index (χ0) is 15.7. The Kier molecular flexibility index (Phi) is 3.81. The number of aromatic nitrogens is 2. The number of carbonyl (C=O) groups excluding carboxylic acids is 2. The van der Waals surface area contributed by atoms with Crippen LogP contribution in [0.3, 0.4) is 0 Å². The highest BCUT2D eigenvalue weighted by Gasteiger charge is 2.24. The summed E-state index contributed by atoms with van der Waals surface area (Å²) in [6, 6.07) is 5.59. The summed E-state index contributed by atoms with van der Waals surface area (Å²) in [6.07, 6.45) is 0. The molecule has 0 spiro atoms. The fourth-order valence-electron chi connectivity index (χ4n) is 2.66. The largest absolute Gasteiger partial charge is 0.349 e. The number of aryl methyl sites for hydroxylation is 2. The second-order valence-electron chi connectivity index (χ2n) is 5.56. The number of rotatable bonds is 3. The molecule has 1 saturated heterocycles. The molecule has 3 rings (SSSR count). The first-order valence-corrected chi connectivity index (χ1v) is 7.24. The average molecular weight is 301 g/mol. The van der Waals surface area contributed by atoms with E-state index in [2.05, 4.69) is 27.1 Å². The molecule has 1 aromatic heterocycles. The zero-order valence-corrected chi connectivity index (χ0v) is 12.6. The predicted molar refractivity (Wildman–Crippen MR) is 82.1 cm³/mol. The summed E-state index contributed by atoms with van der Waals surface area (Å²) in [7, 11) is 1.88.